The number of nitrogens with zero attached hydrogens (tertiary/aromatic N) is 4. The van der Waals surface area contributed by atoms with Crippen LogP contribution < -0.4 is 5.73 Å². The van der Waals surface area contributed by atoms with Crippen LogP contribution in [0.1, 0.15) is 48.2 Å². The Morgan fingerprint density at radius 2 is 1.92 bits per heavy atom. The lowest BCUT2D eigenvalue weighted by atomic mass is 10.2. The molecule has 2 N–H and O–H groups in total. The summed E-state index contributed by atoms with van der Waals surface area (Å²) in [7, 11) is 1.49. The van der Waals surface area contributed by atoms with Crippen molar-refractivity contribution in [3.8, 4) is 0 Å². The van der Waals surface area contributed by atoms with Crippen molar-refractivity contribution in [2.24, 2.45) is 0 Å². The number of alkyl halides is 3. The van der Waals surface area contributed by atoms with Gasteiger partial charge in [0, 0.05) is 19.8 Å². The summed E-state index contributed by atoms with van der Waals surface area (Å²) in [6.07, 6.45) is 1.63. The van der Waals surface area contributed by atoms with E-state index in [9.17, 15) is 18.0 Å². The normalized spacial score (nSPS) is 16.5. The van der Waals surface area contributed by atoms with Gasteiger partial charge >= 0.3 is 6.18 Å². The minimum absolute atomic E-state index is 0.372. The number of likely N-dealkylation sites (tertiary alicyclic amines) is 1. The van der Waals surface area contributed by atoms with Crippen LogP contribution in [0.3, 0.4) is 0 Å². The van der Waals surface area contributed by atoms with E-state index in [1.165, 1.54) is 37.6 Å². The second-order valence-corrected chi connectivity index (χ2v) is 6.32. The van der Waals surface area contributed by atoms with E-state index in [0.29, 0.717) is 13.0 Å². The maximum Gasteiger partial charge on any atom is 0.434 e. The van der Waals surface area contributed by atoms with Gasteiger partial charge in [-0.3, -0.25) is 4.79 Å². The number of hydrogen-bond acceptors (Lipinski definition) is 5. The molecule has 0 unspecified atom stereocenters. The summed E-state index contributed by atoms with van der Waals surface area (Å²) in [4.78, 5) is 22.7. The van der Waals surface area contributed by atoms with Crippen LogP contribution >= 0.6 is 0 Å². The maximum absolute atomic E-state index is 13.1. The maximum atomic E-state index is 13.1. The number of amides is 1. The number of nitrogen functional groups attached to an aromatic ring is 1. The van der Waals surface area contributed by atoms with Gasteiger partial charge in [-0.1, -0.05) is 12.8 Å². The molecule has 25 heavy (non-hydrogen) atoms. The molecule has 1 aliphatic rings. The number of hydrogen-bond donors (Lipinski definition) is 1. The number of halogens is 3. The van der Waals surface area contributed by atoms with Gasteiger partial charge in [-0.25, -0.2) is 9.97 Å². The second kappa shape index (κ2) is 8.46. The van der Waals surface area contributed by atoms with Crippen molar-refractivity contribution in [3.63, 3.8) is 0 Å². The van der Waals surface area contributed by atoms with Crippen LogP contribution in [0.15, 0.2) is 6.20 Å². The monoisotopic (exact) mass is 359 g/mol. The smallest absolute Gasteiger partial charge is 0.368 e. The SMILES string of the molecule is CN(CCCN1CCCCCC1)C(=O)c1cnc(N)nc1C(F)(F)F. The minimum Gasteiger partial charge on any atom is -0.368 e. The lowest BCUT2D eigenvalue weighted by molar-refractivity contribution is -0.141. The Kier molecular flexibility index (Phi) is 6.57. The van der Waals surface area contributed by atoms with Crippen molar-refractivity contribution < 1.29 is 18.0 Å². The second-order valence-electron chi connectivity index (χ2n) is 6.32. The van der Waals surface area contributed by atoms with Crippen LogP contribution in [0.5, 0.6) is 0 Å². The van der Waals surface area contributed by atoms with Crippen LogP contribution in [0.2, 0.25) is 0 Å². The van der Waals surface area contributed by atoms with Crippen molar-refractivity contribution in [2.75, 3.05) is 39.0 Å². The van der Waals surface area contributed by atoms with E-state index >= 15 is 0 Å². The zero-order valence-electron chi connectivity index (χ0n) is 14.3. The Bertz CT molecular complexity index is 586. The molecular formula is C16H24F3N5O. The molecule has 2 rings (SSSR count). The molecule has 0 bridgehead atoms. The Labute approximate surface area is 145 Å². The van der Waals surface area contributed by atoms with Gasteiger partial charge in [-0.15, -0.1) is 0 Å². The number of anilines is 1. The van der Waals surface area contributed by atoms with E-state index in [-0.39, 0.29) is 0 Å². The van der Waals surface area contributed by atoms with Gasteiger partial charge in [-0.05, 0) is 38.9 Å². The molecule has 9 heteroatoms. The summed E-state index contributed by atoms with van der Waals surface area (Å²) >= 11 is 0. The average Bonchev–Trinajstić information content (AvgIpc) is 2.82. The largest absolute Gasteiger partial charge is 0.434 e. The molecule has 1 saturated heterocycles. The standard InChI is InChI=1S/C16H24F3N5O/c1-23(7-6-10-24-8-4-2-3-5-9-24)14(25)12-11-21-15(20)22-13(12)16(17,18)19/h11H,2-10H2,1H3,(H2,20,21,22). The van der Waals surface area contributed by atoms with Gasteiger partial charge in [0.05, 0.1) is 5.56 Å². The number of carbonyl (C=O) groups excluding carboxylic acids is 1. The van der Waals surface area contributed by atoms with E-state index in [0.717, 1.165) is 25.8 Å². The number of rotatable bonds is 5. The lowest BCUT2D eigenvalue weighted by Gasteiger charge is -2.23. The van der Waals surface area contributed by atoms with E-state index in [1.54, 1.807) is 0 Å². The Morgan fingerprint density at radius 3 is 2.52 bits per heavy atom. The average molecular weight is 359 g/mol. The third-order valence-electron chi connectivity index (χ3n) is 4.32. The molecular weight excluding hydrogens is 335 g/mol. The molecule has 6 nitrogen and oxygen atoms in total. The first-order chi connectivity index (χ1) is 11.8. The fourth-order valence-electron chi connectivity index (χ4n) is 2.97. The molecule has 0 spiro atoms. The Hall–Kier alpha value is -1.90. The Balaban J connectivity index is 1.95. The van der Waals surface area contributed by atoms with Crippen LogP contribution in [0.25, 0.3) is 0 Å². The molecule has 0 atom stereocenters. The summed E-state index contributed by atoms with van der Waals surface area (Å²) in [5, 5.41) is 0. The van der Waals surface area contributed by atoms with Crippen molar-refractivity contribution in [1.29, 1.82) is 0 Å². The van der Waals surface area contributed by atoms with Gasteiger partial charge < -0.3 is 15.5 Å². The van der Waals surface area contributed by atoms with Crippen LogP contribution in [0, 0.1) is 0 Å². The van der Waals surface area contributed by atoms with Crippen LogP contribution in [-0.4, -0.2) is 58.9 Å². The topological polar surface area (TPSA) is 75.3 Å². The third kappa shape index (κ3) is 5.55. The highest BCUT2D eigenvalue weighted by Gasteiger charge is 2.38. The molecule has 1 aromatic heterocycles. The highest BCUT2D eigenvalue weighted by atomic mass is 19.4. The van der Waals surface area contributed by atoms with E-state index < -0.39 is 29.3 Å². The summed E-state index contributed by atoms with van der Waals surface area (Å²) in [6, 6.07) is 0. The van der Waals surface area contributed by atoms with E-state index in [2.05, 4.69) is 14.9 Å². The molecule has 0 radical (unpaired) electrons. The predicted molar refractivity (Wildman–Crippen MR) is 87.9 cm³/mol. The number of aromatic nitrogens is 2. The number of nitrogens with two attached hydrogens (primary N) is 1. The minimum atomic E-state index is -4.76. The third-order valence-corrected chi connectivity index (χ3v) is 4.32. The molecule has 1 aromatic rings. The highest BCUT2D eigenvalue weighted by Crippen LogP contribution is 2.31. The molecule has 1 amide bonds. The Morgan fingerprint density at radius 1 is 1.28 bits per heavy atom. The van der Waals surface area contributed by atoms with Crippen molar-refractivity contribution in [3.05, 3.63) is 17.5 Å². The zero-order chi connectivity index (χ0) is 18.4. The first kappa shape index (κ1) is 19.4. The van der Waals surface area contributed by atoms with Crippen molar-refractivity contribution in [2.45, 2.75) is 38.3 Å². The number of carbonyl (C=O) groups is 1. The molecule has 2 heterocycles. The van der Waals surface area contributed by atoms with Crippen LogP contribution in [0.4, 0.5) is 19.1 Å². The fraction of sp³-hybridized carbons (Fsp3) is 0.688. The highest BCUT2D eigenvalue weighted by molar-refractivity contribution is 5.95. The summed E-state index contributed by atoms with van der Waals surface area (Å²) < 4.78 is 39.2. The van der Waals surface area contributed by atoms with Crippen molar-refractivity contribution in [1.82, 2.24) is 19.8 Å². The summed E-state index contributed by atoms with van der Waals surface area (Å²) in [6.45, 7) is 3.29. The lowest BCUT2D eigenvalue weighted by Crippen LogP contribution is -2.33. The van der Waals surface area contributed by atoms with Gasteiger partial charge in [0.2, 0.25) is 5.95 Å². The zero-order valence-corrected chi connectivity index (χ0v) is 14.3. The van der Waals surface area contributed by atoms with E-state index in [4.69, 9.17) is 5.73 Å². The summed E-state index contributed by atoms with van der Waals surface area (Å²) in [5.74, 6) is -1.25. The molecule has 0 saturated carbocycles. The first-order valence-corrected chi connectivity index (χ1v) is 8.46. The van der Waals surface area contributed by atoms with Gasteiger partial charge in [0.15, 0.2) is 5.69 Å². The molecule has 1 aliphatic heterocycles. The van der Waals surface area contributed by atoms with E-state index in [1.807, 2.05) is 0 Å². The van der Waals surface area contributed by atoms with Crippen LogP contribution in [-0.2, 0) is 6.18 Å². The molecule has 140 valence electrons. The first-order valence-electron chi connectivity index (χ1n) is 8.46. The van der Waals surface area contributed by atoms with Gasteiger partial charge in [0.25, 0.3) is 5.91 Å². The predicted octanol–water partition coefficient (Wildman–Crippen LogP) is 2.42. The van der Waals surface area contributed by atoms with Crippen molar-refractivity contribution >= 4 is 11.9 Å². The van der Waals surface area contributed by atoms with Gasteiger partial charge in [0.1, 0.15) is 0 Å². The molecule has 0 aromatic carbocycles. The fourth-order valence-corrected chi connectivity index (χ4v) is 2.97. The quantitative estimate of drug-likeness (QED) is 0.874. The molecule has 0 aliphatic carbocycles. The summed E-state index contributed by atoms with van der Waals surface area (Å²) in [5.41, 5.74) is 3.37. The van der Waals surface area contributed by atoms with Gasteiger partial charge in [-0.2, -0.15) is 13.2 Å². The molecule has 1 fully saturated rings.